The average molecular weight is 134 g/mol. The molecule has 1 aromatic rings. The van der Waals surface area contributed by atoms with Crippen molar-refractivity contribution < 1.29 is 4.74 Å². The van der Waals surface area contributed by atoms with E-state index in [1.54, 1.807) is 7.11 Å². The summed E-state index contributed by atoms with van der Waals surface area (Å²) in [6, 6.07) is 6.41. The Morgan fingerprint density at radius 3 is 3.20 bits per heavy atom. The van der Waals surface area contributed by atoms with E-state index in [9.17, 15) is 0 Å². The summed E-state index contributed by atoms with van der Waals surface area (Å²) in [4.78, 5) is 0. The Hall–Kier alpha value is -0.820. The molecule has 10 heavy (non-hydrogen) atoms. The molecule has 1 aliphatic rings. The first kappa shape index (κ1) is 5.93. The minimum Gasteiger partial charge on any atom is -0.380 e. The number of rotatable bonds is 2. The van der Waals surface area contributed by atoms with Crippen LogP contribution in [0.2, 0.25) is 0 Å². The molecule has 1 aliphatic carbocycles. The second kappa shape index (κ2) is 2.10. The van der Waals surface area contributed by atoms with Gasteiger partial charge < -0.3 is 4.74 Å². The fraction of sp³-hybridized carbons (Fsp3) is 0.333. The van der Waals surface area contributed by atoms with Gasteiger partial charge in [-0.2, -0.15) is 0 Å². The van der Waals surface area contributed by atoms with Gasteiger partial charge in [-0.15, -0.1) is 0 Å². The molecule has 0 aliphatic heterocycles. The number of ether oxygens (including phenoxy) is 1. The zero-order chi connectivity index (χ0) is 6.97. The summed E-state index contributed by atoms with van der Waals surface area (Å²) < 4.78 is 5.04. The van der Waals surface area contributed by atoms with E-state index in [-0.39, 0.29) is 0 Å². The van der Waals surface area contributed by atoms with Crippen molar-refractivity contribution in [3.8, 4) is 0 Å². The monoisotopic (exact) mass is 134 g/mol. The highest BCUT2D eigenvalue weighted by Crippen LogP contribution is 2.31. The van der Waals surface area contributed by atoms with Crippen LogP contribution in [0.25, 0.3) is 0 Å². The molecule has 52 valence electrons. The fourth-order valence-electron chi connectivity index (χ4n) is 1.30. The predicted octanol–water partition coefficient (Wildman–Crippen LogP) is 1.74. The first-order valence-corrected chi connectivity index (χ1v) is 3.50. The molecule has 0 radical (unpaired) electrons. The van der Waals surface area contributed by atoms with Crippen LogP contribution < -0.4 is 0 Å². The highest BCUT2D eigenvalue weighted by molar-refractivity contribution is 5.50. The van der Waals surface area contributed by atoms with Crippen molar-refractivity contribution in [3.05, 3.63) is 34.9 Å². The van der Waals surface area contributed by atoms with Gasteiger partial charge in [0, 0.05) is 7.11 Å². The predicted molar refractivity (Wildman–Crippen MR) is 40.0 cm³/mol. The molecule has 0 spiro atoms. The maximum absolute atomic E-state index is 5.04. The molecule has 0 saturated heterocycles. The van der Waals surface area contributed by atoms with Crippen LogP contribution in [-0.2, 0) is 17.8 Å². The van der Waals surface area contributed by atoms with E-state index in [0.717, 1.165) is 6.61 Å². The lowest BCUT2D eigenvalue weighted by Crippen LogP contribution is -1.85. The molecule has 0 fully saturated rings. The van der Waals surface area contributed by atoms with Crippen molar-refractivity contribution in [3.63, 3.8) is 0 Å². The second-order valence-electron chi connectivity index (χ2n) is 2.66. The highest BCUT2D eigenvalue weighted by atomic mass is 16.5. The van der Waals surface area contributed by atoms with E-state index >= 15 is 0 Å². The Kier molecular flexibility index (Phi) is 1.24. The van der Waals surface area contributed by atoms with Gasteiger partial charge in [0.25, 0.3) is 0 Å². The van der Waals surface area contributed by atoms with E-state index in [0.29, 0.717) is 0 Å². The summed E-state index contributed by atoms with van der Waals surface area (Å²) in [5.41, 5.74) is 4.36. The maximum atomic E-state index is 5.04. The van der Waals surface area contributed by atoms with Crippen molar-refractivity contribution in [2.45, 2.75) is 13.0 Å². The van der Waals surface area contributed by atoms with Crippen molar-refractivity contribution in [2.24, 2.45) is 0 Å². The Labute approximate surface area is 60.6 Å². The zero-order valence-corrected chi connectivity index (χ0v) is 6.05. The van der Waals surface area contributed by atoms with Gasteiger partial charge in [0.15, 0.2) is 0 Å². The van der Waals surface area contributed by atoms with Crippen LogP contribution in [0.3, 0.4) is 0 Å². The van der Waals surface area contributed by atoms with Crippen LogP contribution in [0, 0.1) is 0 Å². The largest absolute Gasteiger partial charge is 0.380 e. The third-order valence-corrected chi connectivity index (χ3v) is 1.91. The van der Waals surface area contributed by atoms with Crippen molar-refractivity contribution in [2.75, 3.05) is 7.11 Å². The van der Waals surface area contributed by atoms with Crippen LogP contribution in [0.1, 0.15) is 16.7 Å². The summed E-state index contributed by atoms with van der Waals surface area (Å²) in [6.07, 6.45) is 1.19. The van der Waals surface area contributed by atoms with Gasteiger partial charge >= 0.3 is 0 Å². The topological polar surface area (TPSA) is 9.23 Å². The minimum atomic E-state index is 0.767. The standard InChI is InChI=1S/C9H10O/c1-10-6-8-4-2-3-7-5-9(7)8/h2-4H,5-6H2,1H3. The van der Waals surface area contributed by atoms with Gasteiger partial charge in [-0.3, -0.25) is 0 Å². The summed E-state index contributed by atoms with van der Waals surface area (Å²) in [5, 5.41) is 0. The van der Waals surface area contributed by atoms with Crippen LogP contribution in [0.4, 0.5) is 0 Å². The van der Waals surface area contributed by atoms with Gasteiger partial charge in [-0.05, 0) is 23.1 Å². The van der Waals surface area contributed by atoms with Gasteiger partial charge in [-0.1, -0.05) is 18.2 Å². The first-order valence-electron chi connectivity index (χ1n) is 3.50. The van der Waals surface area contributed by atoms with Crippen LogP contribution >= 0.6 is 0 Å². The number of hydrogen-bond acceptors (Lipinski definition) is 1. The molecular formula is C9H10O. The Morgan fingerprint density at radius 1 is 1.50 bits per heavy atom. The fourth-order valence-corrected chi connectivity index (χ4v) is 1.30. The lowest BCUT2D eigenvalue weighted by atomic mass is 10.2. The summed E-state index contributed by atoms with van der Waals surface area (Å²) in [6.45, 7) is 0.767. The maximum Gasteiger partial charge on any atom is 0.0715 e. The second-order valence-corrected chi connectivity index (χ2v) is 2.66. The molecule has 0 amide bonds. The van der Waals surface area contributed by atoms with Crippen molar-refractivity contribution in [1.82, 2.24) is 0 Å². The van der Waals surface area contributed by atoms with E-state index in [1.807, 2.05) is 0 Å². The van der Waals surface area contributed by atoms with Gasteiger partial charge in [0.1, 0.15) is 0 Å². The highest BCUT2D eigenvalue weighted by Gasteiger charge is 2.19. The smallest absolute Gasteiger partial charge is 0.0715 e. The first-order chi connectivity index (χ1) is 4.92. The van der Waals surface area contributed by atoms with Gasteiger partial charge in [-0.25, -0.2) is 0 Å². The van der Waals surface area contributed by atoms with Gasteiger partial charge in [0.05, 0.1) is 6.61 Å². The lowest BCUT2D eigenvalue weighted by Gasteiger charge is -1.95. The van der Waals surface area contributed by atoms with Crippen molar-refractivity contribution >= 4 is 0 Å². The minimum absolute atomic E-state index is 0.767. The lowest BCUT2D eigenvalue weighted by molar-refractivity contribution is 0.185. The third-order valence-electron chi connectivity index (χ3n) is 1.91. The molecule has 0 atom stereocenters. The van der Waals surface area contributed by atoms with Gasteiger partial charge in [0.2, 0.25) is 0 Å². The number of benzene rings is 1. The quantitative estimate of drug-likeness (QED) is 0.607. The molecular weight excluding hydrogens is 124 g/mol. The molecule has 1 heteroatoms. The van der Waals surface area contributed by atoms with E-state index in [2.05, 4.69) is 18.2 Å². The summed E-state index contributed by atoms with van der Waals surface area (Å²) in [7, 11) is 1.74. The van der Waals surface area contributed by atoms with Crippen molar-refractivity contribution in [1.29, 1.82) is 0 Å². The summed E-state index contributed by atoms with van der Waals surface area (Å²) >= 11 is 0. The Morgan fingerprint density at radius 2 is 2.40 bits per heavy atom. The molecule has 0 saturated carbocycles. The molecule has 1 nitrogen and oxygen atoms in total. The van der Waals surface area contributed by atoms with Crippen LogP contribution in [0.5, 0.6) is 0 Å². The average Bonchev–Trinajstić information content (AvgIpc) is 2.67. The third kappa shape index (κ3) is 0.830. The van der Waals surface area contributed by atoms with E-state index in [1.165, 1.54) is 23.1 Å². The Balaban J connectivity index is 2.29. The molecule has 0 N–H and O–H groups in total. The molecule has 0 aromatic heterocycles. The van der Waals surface area contributed by atoms with E-state index < -0.39 is 0 Å². The molecule has 2 rings (SSSR count). The molecule has 0 unspecified atom stereocenters. The number of fused-ring (bicyclic) bond motifs is 1. The Bertz CT molecular complexity index is 253. The molecule has 0 heterocycles. The normalized spacial score (nSPS) is 12.9. The SMILES string of the molecule is COCc1cccc2c1C2. The molecule has 0 bridgehead atoms. The zero-order valence-electron chi connectivity index (χ0n) is 6.05. The number of hydrogen-bond donors (Lipinski definition) is 0. The number of methoxy groups -OCH3 is 1. The van der Waals surface area contributed by atoms with Crippen LogP contribution in [0.15, 0.2) is 18.2 Å². The summed E-state index contributed by atoms with van der Waals surface area (Å²) in [5.74, 6) is 0. The van der Waals surface area contributed by atoms with Crippen LogP contribution in [-0.4, -0.2) is 7.11 Å². The van der Waals surface area contributed by atoms with E-state index in [4.69, 9.17) is 4.74 Å². The molecule has 1 aromatic carbocycles.